The van der Waals surface area contributed by atoms with Gasteiger partial charge in [-0.25, -0.2) is 13.2 Å². The monoisotopic (exact) mass is 182 g/mol. The van der Waals surface area contributed by atoms with Crippen LogP contribution in [0.3, 0.4) is 0 Å². The molecule has 2 aliphatic rings. The van der Waals surface area contributed by atoms with Crippen LogP contribution in [0.1, 0.15) is 19.8 Å². The van der Waals surface area contributed by atoms with E-state index in [1.807, 2.05) is 0 Å². The first kappa shape index (κ1) is 7.77. The molecule has 4 heteroatoms. The molecule has 3 unspecified atom stereocenters. The molecule has 0 aromatic carbocycles. The Kier molecular flexibility index (Phi) is 1.34. The molecule has 2 rings (SSSR count). The van der Waals surface area contributed by atoms with Gasteiger partial charge in [-0.05, 0) is 19.8 Å². The van der Waals surface area contributed by atoms with E-state index in [-0.39, 0.29) is 0 Å². The fraction of sp³-hybridized carbons (Fsp3) is 1.00. The van der Waals surface area contributed by atoms with Gasteiger partial charge in [0.2, 0.25) is 0 Å². The number of alkyl halides is 3. The van der Waals surface area contributed by atoms with Gasteiger partial charge in [0.05, 0.1) is 5.25 Å². The van der Waals surface area contributed by atoms with E-state index in [0.29, 0.717) is 12.8 Å². The van der Waals surface area contributed by atoms with Gasteiger partial charge in [0.15, 0.2) is 5.67 Å². The Bertz CT molecular complexity index is 170. The van der Waals surface area contributed by atoms with Crippen LogP contribution in [0.2, 0.25) is 0 Å². The van der Waals surface area contributed by atoms with Gasteiger partial charge in [0.25, 0.3) is 5.92 Å². The standard InChI is InChI=1S/C7H9F3S/c1-6(8)4-2-3-5(11-4)7(6,9)10/h4-5H,2-3H2,1H3. The molecule has 0 saturated carbocycles. The highest BCUT2D eigenvalue weighted by Gasteiger charge is 2.69. The molecule has 2 heterocycles. The van der Waals surface area contributed by atoms with Crippen LogP contribution in [0.15, 0.2) is 0 Å². The van der Waals surface area contributed by atoms with Gasteiger partial charge in [-0.1, -0.05) is 0 Å². The molecule has 2 aliphatic heterocycles. The molecule has 0 aromatic heterocycles. The third-order valence-corrected chi connectivity index (χ3v) is 4.55. The summed E-state index contributed by atoms with van der Waals surface area (Å²) in [5.41, 5.74) is -2.26. The molecule has 2 bridgehead atoms. The smallest absolute Gasteiger partial charge is 0.236 e. The molecule has 0 N–H and O–H groups in total. The van der Waals surface area contributed by atoms with E-state index >= 15 is 0 Å². The molecule has 0 spiro atoms. The van der Waals surface area contributed by atoms with Crippen molar-refractivity contribution in [1.82, 2.24) is 0 Å². The van der Waals surface area contributed by atoms with E-state index in [4.69, 9.17) is 0 Å². The minimum atomic E-state index is -3.10. The highest BCUT2D eigenvalue weighted by Crippen LogP contribution is 2.61. The maximum absolute atomic E-state index is 13.3. The summed E-state index contributed by atoms with van der Waals surface area (Å²) in [7, 11) is 0. The van der Waals surface area contributed by atoms with Crippen LogP contribution < -0.4 is 0 Å². The zero-order valence-corrected chi connectivity index (χ0v) is 6.93. The number of halogens is 3. The van der Waals surface area contributed by atoms with Crippen LogP contribution >= 0.6 is 11.8 Å². The van der Waals surface area contributed by atoms with Crippen LogP contribution in [-0.2, 0) is 0 Å². The summed E-state index contributed by atoms with van der Waals surface area (Å²) >= 11 is 1.12. The van der Waals surface area contributed by atoms with Gasteiger partial charge in [-0.2, -0.15) is 0 Å². The lowest BCUT2D eigenvalue weighted by molar-refractivity contribution is -0.132. The molecule has 11 heavy (non-hydrogen) atoms. The van der Waals surface area contributed by atoms with E-state index in [9.17, 15) is 13.2 Å². The molecule has 0 nitrogen and oxygen atoms in total. The fourth-order valence-corrected chi connectivity index (χ4v) is 3.59. The Morgan fingerprint density at radius 2 is 1.73 bits per heavy atom. The van der Waals surface area contributed by atoms with Crippen LogP contribution in [0.4, 0.5) is 13.2 Å². The van der Waals surface area contributed by atoms with E-state index < -0.39 is 22.1 Å². The lowest BCUT2D eigenvalue weighted by atomic mass is 9.84. The quantitative estimate of drug-likeness (QED) is 0.555. The van der Waals surface area contributed by atoms with Crippen molar-refractivity contribution in [3.63, 3.8) is 0 Å². The summed E-state index contributed by atoms with van der Waals surface area (Å²) < 4.78 is 39.4. The molecule has 2 fully saturated rings. The number of rotatable bonds is 0. The van der Waals surface area contributed by atoms with Crippen molar-refractivity contribution >= 4 is 11.8 Å². The molecule has 2 saturated heterocycles. The van der Waals surface area contributed by atoms with Crippen LogP contribution in [0, 0.1) is 0 Å². The summed E-state index contributed by atoms with van der Waals surface area (Å²) in [6, 6.07) is 0. The second-order valence-electron chi connectivity index (χ2n) is 3.39. The maximum Gasteiger partial charge on any atom is 0.293 e. The Balaban J connectivity index is 2.36. The lowest BCUT2D eigenvalue weighted by Crippen LogP contribution is -2.50. The van der Waals surface area contributed by atoms with Gasteiger partial charge >= 0.3 is 0 Å². The van der Waals surface area contributed by atoms with E-state index in [0.717, 1.165) is 18.7 Å². The number of hydrogen-bond acceptors (Lipinski definition) is 1. The molecule has 0 aliphatic carbocycles. The molecule has 64 valence electrons. The van der Waals surface area contributed by atoms with Crippen LogP contribution in [-0.4, -0.2) is 22.1 Å². The van der Waals surface area contributed by atoms with E-state index in [1.54, 1.807) is 0 Å². The van der Waals surface area contributed by atoms with Gasteiger partial charge in [-0.3, -0.25) is 0 Å². The predicted molar refractivity (Wildman–Crippen MR) is 38.9 cm³/mol. The topological polar surface area (TPSA) is 0 Å². The Morgan fingerprint density at radius 3 is 2.00 bits per heavy atom. The first-order valence-corrected chi connectivity index (χ1v) is 4.63. The largest absolute Gasteiger partial charge is 0.293 e. The molecule has 0 aromatic rings. The van der Waals surface area contributed by atoms with Crippen molar-refractivity contribution < 1.29 is 13.2 Å². The van der Waals surface area contributed by atoms with Crippen molar-refractivity contribution in [1.29, 1.82) is 0 Å². The Labute approximate surface area is 67.5 Å². The highest BCUT2D eigenvalue weighted by molar-refractivity contribution is 8.01. The minimum Gasteiger partial charge on any atom is -0.236 e. The second-order valence-corrected chi connectivity index (χ2v) is 4.80. The zero-order chi connectivity index (χ0) is 8.28. The first-order chi connectivity index (χ1) is 4.96. The minimum absolute atomic E-state index is 0.470. The SMILES string of the molecule is CC1(F)C2CCC(S2)C1(F)F. The van der Waals surface area contributed by atoms with E-state index in [1.165, 1.54) is 0 Å². The average molecular weight is 182 g/mol. The summed E-state index contributed by atoms with van der Waals surface area (Å²) in [5.74, 6) is -3.10. The van der Waals surface area contributed by atoms with Gasteiger partial charge in [0, 0.05) is 5.25 Å². The molecule has 0 radical (unpaired) electrons. The predicted octanol–water partition coefficient (Wildman–Crippen LogP) is 2.63. The molecule has 0 amide bonds. The van der Waals surface area contributed by atoms with Crippen LogP contribution in [0.25, 0.3) is 0 Å². The third kappa shape index (κ3) is 0.740. The number of thioether (sulfide) groups is 1. The first-order valence-electron chi connectivity index (χ1n) is 3.68. The fourth-order valence-electron chi connectivity index (χ4n) is 1.83. The zero-order valence-electron chi connectivity index (χ0n) is 6.11. The van der Waals surface area contributed by atoms with Crippen molar-refractivity contribution in [3.8, 4) is 0 Å². The van der Waals surface area contributed by atoms with Gasteiger partial charge in [0.1, 0.15) is 0 Å². The van der Waals surface area contributed by atoms with Gasteiger partial charge < -0.3 is 0 Å². The Hall–Kier alpha value is 0.140. The van der Waals surface area contributed by atoms with Crippen molar-refractivity contribution in [2.24, 2.45) is 0 Å². The normalized spacial score (nSPS) is 53.5. The number of fused-ring (bicyclic) bond motifs is 2. The summed E-state index contributed by atoms with van der Waals surface area (Å²) in [5, 5.41) is -1.23. The summed E-state index contributed by atoms with van der Waals surface area (Å²) in [4.78, 5) is 0. The van der Waals surface area contributed by atoms with E-state index in [2.05, 4.69) is 0 Å². The van der Waals surface area contributed by atoms with Crippen molar-refractivity contribution in [2.45, 2.75) is 41.9 Å². The molecular weight excluding hydrogens is 173 g/mol. The van der Waals surface area contributed by atoms with Crippen LogP contribution in [0.5, 0.6) is 0 Å². The Morgan fingerprint density at radius 1 is 1.18 bits per heavy atom. The van der Waals surface area contributed by atoms with Crippen molar-refractivity contribution in [3.05, 3.63) is 0 Å². The third-order valence-electron chi connectivity index (χ3n) is 2.68. The molecular formula is C7H9F3S. The summed E-state index contributed by atoms with van der Waals surface area (Å²) in [6.07, 6.45) is 1.08. The average Bonchev–Trinajstić information content (AvgIpc) is 2.37. The maximum atomic E-state index is 13.3. The number of hydrogen-bond donors (Lipinski definition) is 0. The summed E-state index contributed by atoms with van der Waals surface area (Å²) in [6.45, 7) is 1.03. The van der Waals surface area contributed by atoms with Crippen molar-refractivity contribution in [2.75, 3.05) is 0 Å². The lowest BCUT2D eigenvalue weighted by Gasteiger charge is -2.32. The highest BCUT2D eigenvalue weighted by atomic mass is 32.2. The molecule has 3 atom stereocenters. The van der Waals surface area contributed by atoms with Gasteiger partial charge in [-0.15, -0.1) is 11.8 Å². The second kappa shape index (κ2) is 1.90.